The van der Waals surface area contributed by atoms with Gasteiger partial charge in [0.05, 0.1) is 0 Å². The van der Waals surface area contributed by atoms with Crippen LogP contribution in [-0.2, 0) is 5.54 Å². The van der Waals surface area contributed by atoms with Crippen LogP contribution < -0.4 is 5.73 Å². The van der Waals surface area contributed by atoms with E-state index in [9.17, 15) is 4.39 Å². The predicted octanol–water partition coefficient (Wildman–Crippen LogP) is 2.88. The van der Waals surface area contributed by atoms with Crippen LogP contribution in [0.15, 0.2) is 30.9 Å². The molecule has 0 amide bonds. The molecule has 1 nitrogen and oxygen atoms in total. The molecule has 2 heteroatoms. The number of rotatable bonds is 3. The Hall–Kier alpha value is -1.15. The Morgan fingerprint density at radius 2 is 2.21 bits per heavy atom. The molecule has 1 atom stereocenters. The van der Waals surface area contributed by atoms with Crippen molar-refractivity contribution in [3.8, 4) is 0 Å². The molecule has 1 aromatic carbocycles. The normalized spacial score (nSPS) is 14.9. The van der Waals surface area contributed by atoms with Crippen molar-refractivity contribution in [2.75, 3.05) is 0 Å². The van der Waals surface area contributed by atoms with E-state index in [0.717, 1.165) is 5.56 Å². The Bertz CT molecular complexity index is 342. The topological polar surface area (TPSA) is 26.0 Å². The van der Waals surface area contributed by atoms with Crippen LogP contribution in [0.2, 0.25) is 0 Å². The smallest absolute Gasteiger partial charge is 0.126 e. The molecular weight excluding hydrogens is 177 g/mol. The van der Waals surface area contributed by atoms with Crippen molar-refractivity contribution in [3.63, 3.8) is 0 Å². The van der Waals surface area contributed by atoms with Gasteiger partial charge < -0.3 is 5.73 Å². The Balaban J connectivity index is 3.07. The van der Waals surface area contributed by atoms with E-state index >= 15 is 0 Å². The standard InChI is InChI=1S/C12H16FN/c1-4-7-12(3,14)10-6-5-9(2)11(13)8-10/h4-6,8H,1,7,14H2,2-3H3. The van der Waals surface area contributed by atoms with Crippen LogP contribution in [-0.4, -0.2) is 0 Å². The van der Waals surface area contributed by atoms with Gasteiger partial charge in [-0.05, 0) is 37.5 Å². The van der Waals surface area contributed by atoms with Crippen molar-refractivity contribution in [3.05, 3.63) is 47.8 Å². The Labute approximate surface area is 84.4 Å². The summed E-state index contributed by atoms with van der Waals surface area (Å²) >= 11 is 0. The van der Waals surface area contributed by atoms with Crippen LogP contribution in [0, 0.1) is 12.7 Å². The second kappa shape index (κ2) is 3.93. The molecule has 1 aromatic rings. The molecule has 76 valence electrons. The molecule has 0 aromatic heterocycles. The molecule has 14 heavy (non-hydrogen) atoms. The fraction of sp³-hybridized carbons (Fsp3) is 0.333. The molecule has 0 fully saturated rings. The van der Waals surface area contributed by atoms with E-state index in [1.165, 1.54) is 6.07 Å². The first-order valence-corrected chi connectivity index (χ1v) is 4.64. The molecule has 1 unspecified atom stereocenters. The molecule has 0 aliphatic heterocycles. The largest absolute Gasteiger partial charge is 0.321 e. The van der Waals surface area contributed by atoms with Gasteiger partial charge in [-0.3, -0.25) is 0 Å². The summed E-state index contributed by atoms with van der Waals surface area (Å²) in [5.74, 6) is -0.205. The Morgan fingerprint density at radius 1 is 1.57 bits per heavy atom. The monoisotopic (exact) mass is 193 g/mol. The number of halogens is 1. The molecule has 0 bridgehead atoms. The van der Waals surface area contributed by atoms with Crippen LogP contribution in [0.5, 0.6) is 0 Å². The summed E-state index contributed by atoms with van der Waals surface area (Å²) in [5.41, 5.74) is 6.95. The number of aryl methyl sites for hydroxylation is 1. The van der Waals surface area contributed by atoms with Crippen LogP contribution in [0.1, 0.15) is 24.5 Å². The highest BCUT2D eigenvalue weighted by Crippen LogP contribution is 2.23. The van der Waals surface area contributed by atoms with E-state index in [-0.39, 0.29) is 5.82 Å². The van der Waals surface area contributed by atoms with Crippen molar-refractivity contribution in [1.82, 2.24) is 0 Å². The molecule has 0 radical (unpaired) electrons. The van der Waals surface area contributed by atoms with Crippen molar-refractivity contribution in [2.45, 2.75) is 25.8 Å². The number of hydrogen-bond acceptors (Lipinski definition) is 1. The van der Waals surface area contributed by atoms with E-state index < -0.39 is 5.54 Å². The molecule has 0 spiro atoms. The molecule has 0 saturated heterocycles. The number of hydrogen-bond donors (Lipinski definition) is 1. The van der Waals surface area contributed by atoms with Crippen molar-refractivity contribution >= 4 is 0 Å². The zero-order chi connectivity index (χ0) is 10.8. The molecule has 0 aliphatic rings. The maximum Gasteiger partial charge on any atom is 0.126 e. The first-order valence-electron chi connectivity index (χ1n) is 4.64. The van der Waals surface area contributed by atoms with Crippen LogP contribution in [0.4, 0.5) is 4.39 Å². The average Bonchev–Trinajstić information content (AvgIpc) is 2.09. The van der Waals surface area contributed by atoms with Gasteiger partial charge in [0.15, 0.2) is 0 Å². The zero-order valence-corrected chi connectivity index (χ0v) is 8.68. The Kier molecular flexibility index (Phi) is 3.06. The first kappa shape index (κ1) is 10.9. The SMILES string of the molecule is C=CCC(C)(N)c1ccc(C)c(F)c1. The van der Waals surface area contributed by atoms with Gasteiger partial charge in [0, 0.05) is 5.54 Å². The highest BCUT2D eigenvalue weighted by atomic mass is 19.1. The van der Waals surface area contributed by atoms with Gasteiger partial charge in [-0.15, -0.1) is 6.58 Å². The van der Waals surface area contributed by atoms with E-state index in [1.807, 2.05) is 13.0 Å². The third-order valence-electron chi connectivity index (χ3n) is 2.40. The Morgan fingerprint density at radius 3 is 2.71 bits per heavy atom. The van der Waals surface area contributed by atoms with E-state index in [0.29, 0.717) is 12.0 Å². The zero-order valence-electron chi connectivity index (χ0n) is 8.68. The van der Waals surface area contributed by atoms with Gasteiger partial charge in [0.2, 0.25) is 0 Å². The fourth-order valence-electron chi connectivity index (χ4n) is 1.37. The van der Waals surface area contributed by atoms with Gasteiger partial charge >= 0.3 is 0 Å². The van der Waals surface area contributed by atoms with Crippen molar-refractivity contribution in [2.24, 2.45) is 5.73 Å². The van der Waals surface area contributed by atoms with Crippen molar-refractivity contribution in [1.29, 1.82) is 0 Å². The molecular formula is C12H16FN. The van der Waals surface area contributed by atoms with E-state index in [4.69, 9.17) is 5.73 Å². The maximum atomic E-state index is 13.3. The highest BCUT2D eigenvalue weighted by molar-refractivity contribution is 5.29. The lowest BCUT2D eigenvalue weighted by molar-refractivity contribution is 0.496. The fourth-order valence-corrected chi connectivity index (χ4v) is 1.37. The van der Waals surface area contributed by atoms with Crippen LogP contribution in [0.3, 0.4) is 0 Å². The van der Waals surface area contributed by atoms with Crippen LogP contribution >= 0.6 is 0 Å². The van der Waals surface area contributed by atoms with E-state index in [2.05, 4.69) is 6.58 Å². The lowest BCUT2D eigenvalue weighted by Crippen LogP contribution is -2.32. The third kappa shape index (κ3) is 2.20. The number of benzene rings is 1. The summed E-state index contributed by atoms with van der Waals surface area (Å²) < 4.78 is 13.3. The van der Waals surface area contributed by atoms with Gasteiger partial charge in [-0.2, -0.15) is 0 Å². The molecule has 0 aliphatic carbocycles. The predicted molar refractivity (Wildman–Crippen MR) is 57.5 cm³/mol. The van der Waals surface area contributed by atoms with E-state index in [1.54, 1.807) is 19.1 Å². The lowest BCUT2D eigenvalue weighted by atomic mass is 9.89. The summed E-state index contributed by atoms with van der Waals surface area (Å²) in [6.45, 7) is 7.25. The summed E-state index contributed by atoms with van der Waals surface area (Å²) in [6.07, 6.45) is 2.38. The maximum absolute atomic E-state index is 13.3. The number of nitrogens with two attached hydrogens (primary N) is 1. The molecule has 2 N–H and O–H groups in total. The summed E-state index contributed by atoms with van der Waals surface area (Å²) in [5, 5.41) is 0. The first-order chi connectivity index (χ1) is 6.47. The van der Waals surface area contributed by atoms with Gasteiger partial charge in [0.1, 0.15) is 5.82 Å². The molecule has 1 rings (SSSR count). The summed E-state index contributed by atoms with van der Waals surface area (Å²) in [4.78, 5) is 0. The minimum absolute atomic E-state index is 0.205. The van der Waals surface area contributed by atoms with Gasteiger partial charge in [-0.25, -0.2) is 4.39 Å². The summed E-state index contributed by atoms with van der Waals surface area (Å²) in [7, 11) is 0. The minimum atomic E-state index is -0.531. The van der Waals surface area contributed by atoms with Crippen molar-refractivity contribution < 1.29 is 4.39 Å². The quantitative estimate of drug-likeness (QED) is 0.734. The van der Waals surface area contributed by atoms with Gasteiger partial charge in [0.25, 0.3) is 0 Å². The second-order valence-corrected chi connectivity index (χ2v) is 3.87. The average molecular weight is 193 g/mol. The van der Waals surface area contributed by atoms with Crippen LogP contribution in [0.25, 0.3) is 0 Å². The highest BCUT2D eigenvalue weighted by Gasteiger charge is 2.19. The molecule has 0 heterocycles. The summed E-state index contributed by atoms with van der Waals surface area (Å²) in [6, 6.07) is 5.11. The minimum Gasteiger partial charge on any atom is -0.321 e. The van der Waals surface area contributed by atoms with Gasteiger partial charge in [-0.1, -0.05) is 18.2 Å². The molecule has 0 saturated carbocycles. The second-order valence-electron chi connectivity index (χ2n) is 3.87. The lowest BCUT2D eigenvalue weighted by Gasteiger charge is -2.23. The third-order valence-corrected chi connectivity index (χ3v) is 2.40.